The van der Waals surface area contributed by atoms with Crippen molar-refractivity contribution in [2.24, 2.45) is 5.92 Å². The van der Waals surface area contributed by atoms with Crippen LogP contribution in [0.5, 0.6) is 5.75 Å². The maximum atomic E-state index is 13.0. The van der Waals surface area contributed by atoms with Crippen LogP contribution in [0, 0.1) is 17.2 Å². The summed E-state index contributed by atoms with van der Waals surface area (Å²) >= 11 is 0. The summed E-state index contributed by atoms with van der Waals surface area (Å²) in [6.07, 6.45) is 6.85. The van der Waals surface area contributed by atoms with Gasteiger partial charge in [-0.25, -0.2) is 19.3 Å². The quantitative estimate of drug-likeness (QED) is 0.0686. The van der Waals surface area contributed by atoms with Gasteiger partial charge in [-0.15, -0.1) is 0 Å². The highest BCUT2D eigenvalue weighted by molar-refractivity contribution is 5.99. The van der Waals surface area contributed by atoms with Crippen LogP contribution in [0.4, 0.5) is 5.69 Å². The molecule has 2 aliphatic rings. The normalized spacial score (nSPS) is 15.1. The number of likely N-dealkylation sites (tertiary alicyclic amines) is 1. The number of anilines is 1. The fraction of sp³-hybridized carbons (Fsp3) is 0.373. The predicted molar refractivity (Wildman–Crippen MR) is 259 cm³/mol. The number of aromatic nitrogens is 6. The average molecular weight is 967 g/mol. The summed E-state index contributed by atoms with van der Waals surface area (Å²) in [4.78, 5) is 73.1. The number of carbonyl (C=O) groups excluding carboxylic acids is 3. The van der Waals surface area contributed by atoms with Gasteiger partial charge in [0.05, 0.1) is 101 Å². The second-order valence-corrected chi connectivity index (χ2v) is 17.0. The Hall–Kier alpha value is -7.70. The van der Waals surface area contributed by atoms with Crippen molar-refractivity contribution in [2.75, 3.05) is 84.4 Å². The number of nitriles is 1. The summed E-state index contributed by atoms with van der Waals surface area (Å²) in [5.41, 5.74) is 3.66. The standard InChI is InChI=1S/C51H54N10O10/c52-28-36-3-1-5-38(25-36)44-9-12-47(63)60(58-44)32-37-4-2-6-39(26-37)49-54-30-42(31-55-49)71-33-35-13-16-59(17-14-35)48(64)34-70-24-23-69-22-21-68-20-19-67-18-15-53-41-7-8-43-40(27-41)29-56-61(51(43)66)45-10-11-46(62)57-50(45)65/h1-9,12,25-27,29-31,35,45,53H,10-11,13-24,32-34H2,(H,57,62,65). The highest BCUT2D eigenvalue weighted by Crippen LogP contribution is 2.23. The molecule has 0 spiro atoms. The fourth-order valence-electron chi connectivity index (χ4n) is 8.14. The zero-order valence-electron chi connectivity index (χ0n) is 39.1. The van der Waals surface area contributed by atoms with Gasteiger partial charge in [0, 0.05) is 54.3 Å². The number of amides is 3. The lowest BCUT2D eigenvalue weighted by atomic mass is 9.98. The van der Waals surface area contributed by atoms with E-state index in [1.54, 1.807) is 55.0 Å². The zero-order valence-corrected chi connectivity index (χ0v) is 39.1. The molecule has 5 heterocycles. The van der Waals surface area contributed by atoms with Crippen LogP contribution in [-0.2, 0) is 39.9 Å². The van der Waals surface area contributed by atoms with E-state index < -0.39 is 11.9 Å². The number of hydrogen-bond donors (Lipinski definition) is 2. The molecule has 1 unspecified atom stereocenters. The number of piperidine rings is 2. The lowest BCUT2D eigenvalue weighted by molar-refractivity contribution is -0.138. The van der Waals surface area contributed by atoms with Gasteiger partial charge in [0.15, 0.2) is 11.6 Å². The largest absolute Gasteiger partial charge is 0.490 e. The molecule has 6 aromatic rings. The van der Waals surface area contributed by atoms with Crippen LogP contribution in [0.1, 0.15) is 42.9 Å². The topological polar surface area (TPSA) is 244 Å². The minimum Gasteiger partial charge on any atom is -0.490 e. The monoisotopic (exact) mass is 966 g/mol. The van der Waals surface area contributed by atoms with Crippen molar-refractivity contribution in [3.63, 3.8) is 0 Å². The van der Waals surface area contributed by atoms with Gasteiger partial charge in [-0.2, -0.15) is 15.5 Å². The molecule has 2 N–H and O–H groups in total. The molecule has 368 valence electrons. The molecule has 20 heteroatoms. The third-order valence-corrected chi connectivity index (χ3v) is 12.0. The molecule has 3 aromatic heterocycles. The minimum absolute atomic E-state index is 0.00673. The Morgan fingerprint density at radius 2 is 1.52 bits per heavy atom. The van der Waals surface area contributed by atoms with Crippen molar-refractivity contribution in [3.05, 3.63) is 129 Å². The Morgan fingerprint density at radius 3 is 2.28 bits per heavy atom. The smallest absolute Gasteiger partial charge is 0.275 e. The first-order chi connectivity index (χ1) is 34.7. The van der Waals surface area contributed by atoms with E-state index in [2.05, 4.69) is 36.9 Å². The van der Waals surface area contributed by atoms with Gasteiger partial charge in [0.25, 0.3) is 17.0 Å². The minimum atomic E-state index is -0.812. The molecule has 3 aromatic carbocycles. The Bertz CT molecular complexity index is 2970. The van der Waals surface area contributed by atoms with Crippen LogP contribution in [0.3, 0.4) is 0 Å². The Kier molecular flexibility index (Phi) is 17.3. The van der Waals surface area contributed by atoms with E-state index in [9.17, 15) is 29.2 Å². The van der Waals surface area contributed by atoms with Crippen LogP contribution >= 0.6 is 0 Å². The van der Waals surface area contributed by atoms with Gasteiger partial charge in [0.1, 0.15) is 12.6 Å². The molecule has 2 aliphatic heterocycles. The first kappa shape index (κ1) is 49.7. The maximum absolute atomic E-state index is 13.0. The number of nitrogens with one attached hydrogen (secondary N) is 2. The molecule has 20 nitrogen and oxygen atoms in total. The number of fused-ring (bicyclic) bond motifs is 1. The van der Waals surface area contributed by atoms with Crippen LogP contribution in [0.2, 0.25) is 0 Å². The highest BCUT2D eigenvalue weighted by atomic mass is 16.6. The highest BCUT2D eigenvalue weighted by Gasteiger charge is 2.30. The Balaban J connectivity index is 0.636. The summed E-state index contributed by atoms with van der Waals surface area (Å²) in [7, 11) is 0. The number of rotatable bonds is 23. The van der Waals surface area contributed by atoms with Gasteiger partial charge in [-0.1, -0.05) is 30.3 Å². The number of imide groups is 1. The van der Waals surface area contributed by atoms with Gasteiger partial charge in [-0.3, -0.25) is 29.3 Å². The Labute approximate surface area is 408 Å². The van der Waals surface area contributed by atoms with E-state index in [0.717, 1.165) is 39.9 Å². The van der Waals surface area contributed by atoms with Crippen LogP contribution in [0.15, 0.2) is 107 Å². The van der Waals surface area contributed by atoms with Crippen molar-refractivity contribution in [2.45, 2.75) is 38.3 Å². The lowest BCUT2D eigenvalue weighted by Crippen LogP contribution is -2.45. The number of carbonyl (C=O) groups is 3. The Morgan fingerprint density at radius 1 is 0.789 bits per heavy atom. The van der Waals surface area contributed by atoms with Gasteiger partial charge < -0.3 is 33.9 Å². The first-order valence-corrected chi connectivity index (χ1v) is 23.5. The third kappa shape index (κ3) is 13.8. The maximum Gasteiger partial charge on any atom is 0.275 e. The van der Waals surface area contributed by atoms with Crippen molar-refractivity contribution in [1.82, 2.24) is 39.7 Å². The molecular formula is C51H54N10O10. The van der Waals surface area contributed by atoms with Crippen molar-refractivity contribution in [1.29, 1.82) is 5.26 Å². The predicted octanol–water partition coefficient (Wildman–Crippen LogP) is 3.77. The number of ether oxygens (including phenoxy) is 5. The molecule has 2 saturated heterocycles. The van der Waals surface area contributed by atoms with Crippen LogP contribution in [-0.4, -0.2) is 131 Å². The second-order valence-electron chi connectivity index (χ2n) is 17.0. The van der Waals surface area contributed by atoms with Crippen LogP contribution < -0.4 is 26.5 Å². The number of benzene rings is 3. The fourth-order valence-corrected chi connectivity index (χ4v) is 8.14. The molecular weight excluding hydrogens is 913 g/mol. The van der Waals surface area contributed by atoms with E-state index in [1.165, 1.54) is 10.7 Å². The van der Waals surface area contributed by atoms with E-state index in [4.69, 9.17) is 23.7 Å². The summed E-state index contributed by atoms with van der Waals surface area (Å²) in [6.45, 7) is 5.18. The third-order valence-electron chi connectivity index (χ3n) is 12.0. The van der Waals surface area contributed by atoms with Crippen molar-refractivity contribution < 1.29 is 38.1 Å². The van der Waals surface area contributed by atoms with Crippen LogP contribution in [0.25, 0.3) is 33.4 Å². The molecule has 71 heavy (non-hydrogen) atoms. The molecule has 0 bridgehead atoms. The van der Waals surface area contributed by atoms with Crippen molar-refractivity contribution >= 4 is 34.2 Å². The summed E-state index contributed by atoms with van der Waals surface area (Å²) in [5, 5.41) is 24.6. The second kappa shape index (κ2) is 24.7. The molecule has 0 saturated carbocycles. The molecule has 0 radical (unpaired) electrons. The molecule has 1 atom stereocenters. The van der Waals surface area contributed by atoms with Gasteiger partial charge in [0.2, 0.25) is 11.8 Å². The van der Waals surface area contributed by atoms with E-state index in [-0.39, 0.29) is 54.8 Å². The summed E-state index contributed by atoms with van der Waals surface area (Å²) < 4.78 is 30.9. The lowest BCUT2D eigenvalue weighted by Gasteiger charge is -2.31. The van der Waals surface area contributed by atoms with E-state index in [0.29, 0.717) is 106 Å². The zero-order chi connectivity index (χ0) is 49.4. The number of hydrogen-bond acceptors (Lipinski definition) is 16. The van der Waals surface area contributed by atoms with E-state index in [1.807, 2.05) is 41.3 Å². The molecule has 0 aliphatic carbocycles. The SMILES string of the molecule is N#Cc1cccc(-c2ccc(=O)n(Cc3cccc(-c4ncc(OCC5CCN(C(=O)COCCOCCOCCOCCNc6ccc7c(=O)n(C8CCC(=O)NC8=O)ncc7c6)CC5)cn4)c3)n2)c1. The summed E-state index contributed by atoms with van der Waals surface area (Å²) in [6, 6.07) is 24.5. The van der Waals surface area contributed by atoms with E-state index >= 15 is 0 Å². The number of nitrogens with zero attached hydrogens (tertiary/aromatic N) is 8. The first-order valence-electron chi connectivity index (χ1n) is 23.5. The summed E-state index contributed by atoms with van der Waals surface area (Å²) in [5.74, 6) is 0.429. The van der Waals surface area contributed by atoms with Gasteiger partial charge >= 0.3 is 0 Å². The van der Waals surface area contributed by atoms with Gasteiger partial charge in [-0.05, 0) is 73.2 Å². The molecule has 3 amide bonds. The molecule has 8 rings (SSSR count). The van der Waals surface area contributed by atoms with Crippen molar-refractivity contribution in [3.8, 4) is 34.5 Å². The average Bonchev–Trinajstić information content (AvgIpc) is 3.39. The molecule has 2 fully saturated rings.